The third kappa shape index (κ3) is 2.80. The molecule has 0 aromatic carbocycles. The molecule has 4 heteroatoms. The first-order valence-electron chi connectivity index (χ1n) is 6.88. The minimum absolute atomic E-state index is 0.00287. The van der Waals surface area contributed by atoms with Crippen LogP contribution in [0.4, 0.5) is 0 Å². The highest BCUT2D eigenvalue weighted by atomic mass is 16.2. The average molecular weight is 239 g/mol. The van der Waals surface area contributed by atoms with Crippen LogP contribution in [0.1, 0.15) is 40.0 Å². The van der Waals surface area contributed by atoms with Crippen LogP contribution in [0, 0.1) is 0 Å². The van der Waals surface area contributed by atoms with E-state index in [2.05, 4.69) is 29.4 Å². The van der Waals surface area contributed by atoms with Gasteiger partial charge in [0, 0.05) is 24.7 Å². The second-order valence-corrected chi connectivity index (χ2v) is 5.60. The Bertz CT molecular complexity index is 266. The first-order chi connectivity index (χ1) is 8.09. The van der Waals surface area contributed by atoms with Crippen molar-refractivity contribution in [2.75, 3.05) is 13.1 Å². The van der Waals surface area contributed by atoms with E-state index in [9.17, 15) is 4.79 Å². The van der Waals surface area contributed by atoms with Crippen molar-refractivity contribution in [3.05, 3.63) is 0 Å². The highest BCUT2D eigenvalue weighted by Crippen LogP contribution is 2.25. The number of nitrogens with one attached hydrogen (secondary N) is 2. The Kier molecular flexibility index (Phi) is 4.05. The second kappa shape index (κ2) is 5.36. The molecular formula is C13H25N3O. The molecule has 98 valence electrons. The van der Waals surface area contributed by atoms with Crippen molar-refractivity contribution >= 4 is 5.91 Å². The molecule has 0 saturated carbocycles. The molecule has 2 aliphatic heterocycles. The van der Waals surface area contributed by atoms with Crippen molar-refractivity contribution in [2.45, 2.75) is 64.2 Å². The summed E-state index contributed by atoms with van der Waals surface area (Å²) in [4.78, 5) is 14.6. The lowest BCUT2D eigenvalue weighted by molar-refractivity contribution is -0.127. The van der Waals surface area contributed by atoms with Crippen LogP contribution in [0.2, 0.25) is 0 Å². The van der Waals surface area contributed by atoms with Gasteiger partial charge in [0.1, 0.15) is 0 Å². The number of nitrogens with zero attached hydrogens (tertiary/aromatic N) is 1. The monoisotopic (exact) mass is 239 g/mol. The molecule has 4 nitrogen and oxygen atoms in total. The first-order valence-corrected chi connectivity index (χ1v) is 6.88. The quantitative estimate of drug-likeness (QED) is 0.763. The van der Waals surface area contributed by atoms with Crippen molar-refractivity contribution in [1.82, 2.24) is 15.5 Å². The van der Waals surface area contributed by atoms with Gasteiger partial charge in [-0.05, 0) is 46.6 Å². The van der Waals surface area contributed by atoms with Crippen LogP contribution in [-0.4, -0.2) is 48.1 Å². The number of hydrogen-bond acceptors (Lipinski definition) is 3. The summed E-state index contributed by atoms with van der Waals surface area (Å²) in [6.45, 7) is 8.43. The van der Waals surface area contributed by atoms with Gasteiger partial charge in [-0.1, -0.05) is 0 Å². The van der Waals surface area contributed by atoms with Crippen molar-refractivity contribution in [1.29, 1.82) is 0 Å². The van der Waals surface area contributed by atoms with Crippen molar-refractivity contribution in [3.63, 3.8) is 0 Å². The van der Waals surface area contributed by atoms with Crippen LogP contribution >= 0.6 is 0 Å². The van der Waals surface area contributed by atoms with Gasteiger partial charge < -0.3 is 10.6 Å². The first kappa shape index (κ1) is 12.8. The van der Waals surface area contributed by atoms with Crippen molar-refractivity contribution < 1.29 is 4.79 Å². The summed E-state index contributed by atoms with van der Waals surface area (Å²) >= 11 is 0. The topological polar surface area (TPSA) is 44.4 Å². The molecule has 2 N–H and O–H groups in total. The number of carbonyl (C=O) groups is 1. The summed E-state index contributed by atoms with van der Waals surface area (Å²) in [5.74, 6) is 0.194. The van der Waals surface area contributed by atoms with Crippen LogP contribution in [0.25, 0.3) is 0 Å². The number of carbonyl (C=O) groups excluding carboxylic acids is 1. The van der Waals surface area contributed by atoms with Gasteiger partial charge in [0.25, 0.3) is 0 Å². The number of hydrogen-bond donors (Lipinski definition) is 2. The van der Waals surface area contributed by atoms with Gasteiger partial charge in [0.2, 0.25) is 5.91 Å². The minimum Gasteiger partial charge on any atom is -0.351 e. The molecule has 0 spiro atoms. The van der Waals surface area contributed by atoms with Crippen molar-refractivity contribution in [3.8, 4) is 0 Å². The van der Waals surface area contributed by atoms with Gasteiger partial charge in [0.15, 0.2) is 0 Å². The molecule has 2 rings (SSSR count). The van der Waals surface area contributed by atoms with Gasteiger partial charge in [-0.3, -0.25) is 9.69 Å². The molecule has 0 bridgehead atoms. The Morgan fingerprint density at radius 3 is 2.47 bits per heavy atom. The zero-order chi connectivity index (χ0) is 12.4. The molecule has 0 aromatic heterocycles. The SMILES string of the molecule is CC1CCC(C)N1C(C)C(=O)N[C@H]1CCNC1. The lowest BCUT2D eigenvalue weighted by Gasteiger charge is -2.32. The normalized spacial score (nSPS) is 36.1. The molecule has 0 aliphatic carbocycles. The zero-order valence-corrected chi connectivity index (χ0v) is 11.2. The molecule has 3 unspecified atom stereocenters. The number of rotatable bonds is 3. The molecule has 0 radical (unpaired) electrons. The Morgan fingerprint density at radius 2 is 1.94 bits per heavy atom. The predicted octanol–water partition coefficient (Wildman–Crippen LogP) is 0.726. The Morgan fingerprint density at radius 1 is 1.29 bits per heavy atom. The van der Waals surface area contributed by atoms with Crippen LogP contribution in [0.15, 0.2) is 0 Å². The van der Waals surface area contributed by atoms with E-state index in [1.807, 2.05) is 6.92 Å². The summed E-state index contributed by atoms with van der Waals surface area (Å²) in [6, 6.07) is 1.40. The summed E-state index contributed by atoms with van der Waals surface area (Å²) < 4.78 is 0. The van der Waals surface area contributed by atoms with E-state index in [-0.39, 0.29) is 11.9 Å². The summed E-state index contributed by atoms with van der Waals surface area (Å²) in [5.41, 5.74) is 0. The lowest BCUT2D eigenvalue weighted by Crippen LogP contribution is -2.51. The number of amides is 1. The summed E-state index contributed by atoms with van der Waals surface area (Å²) in [5, 5.41) is 6.43. The fourth-order valence-corrected chi connectivity index (χ4v) is 3.21. The largest absolute Gasteiger partial charge is 0.351 e. The molecule has 2 heterocycles. The van der Waals surface area contributed by atoms with E-state index in [1.54, 1.807) is 0 Å². The van der Waals surface area contributed by atoms with Gasteiger partial charge in [0.05, 0.1) is 6.04 Å². The van der Waals surface area contributed by atoms with Crippen LogP contribution in [0.5, 0.6) is 0 Å². The van der Waals surface area contributed by atoms with Gasteiger partial charge in [-0.2, -0.15) is 0 Å². The van der Waals surface area contributed by atoms with Crippen LogP contribution < -0.4 is 10.6 Å². The molecule has 17 heavy (non-hydrogen) atoms. The molecule has 1 amide bonds. The van der Waals surface area contributed by atoms with E-state index in [1.165, 1.54) is 12.8 Å². The third-order valence-electron chi connectivity index (χ3n) is 4.25. The van der Waals surface area contributed by atoms with Crippen LogP contribution in [0.3, 0.4) is 0 Å². The third-order valence-corrected chi connectivity index (χ3v) is 4.25. The maximum absolute atomic E-state index is 12.2. The van der Waals surface area contributed by atoms with E-state index in [4.69, 9.17) is 0 Å². The molecule has 0 aromatic rings. The van der Waals surface area contributed by atoms with Crippen LogP contribution in [-0.2, 0) is 4.79 Å². The lowest BCUT2D eigenvalue weighted by atomic mass is 10.2. The number of likely N-dealkylation sites (tertiary alicyclic amines) is 1. The average Bonchev–Trinajstić information content (AvgIpc) is 2.89. The second-order valence-electron chi connectivity index (χ2n) is 5.60. The summed E-state index contributed by atoms with van der Waals surface area (Å²) in [6.07, 6.45) is 3.48. The van der Waals surface area contributed by atoms with Gasteiger partial charge >= 0.3 is 0 Å². The zero-order valence-electron chi connectivity index (χ0n) is 11.2. The fraction of sp³-hybridized carbons (Fsp3) is 0.923. The Balaban J connectivity index is 1.89. The highest BCUT2D eigenvalue weighted by molar-refractivity contribution is 5.81. The van der Waals surface area contributed by atoms with E-state index in [0.717, 1.165) is 19.5 Å². The summed E-state index contributed by atoms with van der Waals surface area (Å²) in [7, 11) is 0. The van der Waals surface area contributed by atoms with Crippen molar-refractivity contribution in [2.24, 2.45) is 0 Å². The molecule has 2 saturated heterocycles. The molecule has 2 fully saturated rings. The fourth-order valence-electron chi connectivity index (χ4n) is 3.21. The molecule has 4 atom stereocenters. The molecule has 2 aliphatic rings. The van der Waals surface area contributed by atoms with Gasteiger partial charge in [-0.15, -0.1) is 0 Å². The smallest absolute Gasteiger partial charge is 0.237 e. The Labute approximate surface area is 104 Å². The maximum atomic E-state index is 12.2. The van der Waals surface area contributed by atoms with E-state index >= 15 is 0 Å². The highest BCUT2D eigenvalue weighted by Gasteiger charge is 2.34. The Hall–Kier alpha value is -0.610. The minimum atomic E-state index is 0.00287. The molecular weight excluding hydrogens is 214 g/mol. The predicted molar refractivity (Wildman–Crippen MR) is 68.9 cm³/mol. The van der Waals surface area contributed by atoms with E-state index < -0.39 is 0 Å². The maximum Gasteiger partial charge on any atom is 0.237 e. The van der Waals surface area contributed by atoms with E-state index in [0.29, 0.717) is 18.1 Å². The van der Waals surface area contributed by atoms with Gasteiger partial charge in [-0.25, -0.2) is 0 Å². The standard InChI is InChI=1S/C13H25N3O/c1-9-4-5-10(2)16(9)11(3)13(17)15-12-6-7-14-8-12/h9-12,14H,4-8H2,1-3H3,(H,15,17)/t9?,10?,11?,12-/m0/s1.